The number of hydrogen-bond donors (Lipinski definition) is 0. The standard InChI is InChI=1S/C9H13ClN2O/c1-7(10)8-4-11-12(5-8)9-2-3-13-6-9/h4-5,7,9H,2-3,6H2,1H3. The van der Waals surface area contributed by atoms with E-state index in [1.807, 2.05) is 24.0 Å². The van der Waals surface area contributed by atoms with Gasteiger partial charge in [-0.15, -0.1) is 11.6 Å². The zero-order chi connectivity index (χ0) is 9.26. The van der Waals surface area contributed by atoms with Crippen LogP contribution in [0.2, 0.25) is 0 Å². The van der Waals surface area contributed by atoms with Crippen LogP contribution < -0.4 is 0 Å². The van der Waals surface area contributed by atoms with E-state index in [2.05, 4.69) is 5.10 Å². The number of ether oxygens (including phenoxy) is 1. The Labute approximate surface area is 82.6 Å². The van der Waals surface area contributed by atoms with Gasteiger partial charge in [0.05, 0.1) is 24.2 Å². The first kappa shape index (κ1) is 9.03. The number of halogens is 1. The van der Waals surface area contributed by atoms with Crippen molar-refractivity contribution < 1.29 is 4.74 Å². The highest BCUT2D eigenvalue weighted by Gasteiger charge is 2.18. The fraction of sp³-hybridized carbons (Fsp3) is 0.667. The van der Waals surface area contributed by atoms with E-state index in [9.17, 15) is 0 Å². The van der Waals surface area contributed by atoms with Gasteiger partial charge >= 0.3 is 0 Å². The molecule has 0 N–H and O–H groups in total. The van der Waals surface area contributed by atoms with Gasteiger partial charge in [-0.25, -0.2) is 0 Å². The summed E-state index contributed by atoms with van der Waals surface area (Å²) >= 11 is 5.94. The Balaban J connectivity index is 2.12. The second-order valence-electron chi connectivity index (χ2n) is 3.39. The average Bonchev–Trinajstić information content (AvgIpc) is 2.75. The molecule has 0 bridgehead atoms. The number of hydrogen-bond acceptors (Lipinski definition) is 2. The first-order valence-corrected chi connectivity index (χ1v) is 4.97. The number of alkyl halides is 1. The van der Waals surface area contributed by atoms with E-state index in [1.54, 1.807) is 0 Å². The Bertz CT molecular complexity index is 279. The van der Waals surface area contributed by atoms with Gasteiger partial charge in [-0.05, 0) is 13.3 Å². The minimum Gasteiger partial charge on any atom is -0.379 e. The molecule has 0 aromatic carbocycles. The van der Waals surface area contributed by atoms with Gasteiger partial charge in [0.1, 0.15) is 0 Å². The van der Waals surface area contributed by atoms with Gasteiger partial charge in [0.25, 0.3) is 0 Å². The molecule has 72 valence electrons. The van der Waals surface area contributed by atoms with E-state index >= 15 is 0 Å². The van der Waals surface area contributed by atoms with Crippen molar-refractivity contribution in [1.29, 1.82) is 0 Å². The molecule has 2 rings (SSSR count). The number of nitrogens with zero attached hydrogens (tertiary/aromatic N) is 2. The maximum absolute atomic E-state index is 5.94. The molecule has 13 heavy (non-hydrogen) atoms. The van der Waals surface area contributed by atoms with Crippen LogP contribution in [0.25, 0.3) is 0 Å². The lowest BCUT2D eigenvalue weighted by atomic mass is 10.2. The van der Waals surface area contributed by atoms with Crippen molar-refractivity contribution in [3.05, 3.63) is 18.0 Å². The molecule has 1 aromatic heterocycles. The van der Waals surface area contributed by atoms with E-state index in [0.29, 0.717) is 6.04 Å². The highest BCUT2D eigenvalue weighted by molar-refractivity contribution is 6.20. The quantitative estimate of drug-likeness (QED) is 0.684. The first-order chi connectivity index (χ1) is 6.27. The molecule has 2 heterocycles. The van der Waals surface area contributed by atoms with E-state index < -0.39 is 0 Å². The van der Waals surface area contributed by atoms with Crippen LogP contribution in [0, 0.1) is 0 Å². The molecular weight excluding hydrogens is 188 g/mol. The minimum atomic E-state index is 0.0380. The predicted molar refractivity (Wildman–Crippen MR) is 51.0 cm³/mol. The fourth-order valence-electron chi connectivity index (χ4n) is 1.49. The maximum atomic E-state index is 5.94. The van der Waals surface area contributed by atoms with Crippen LogP contribution in [-0.4, -0.2) is 23.0 Å². The smallest absolute Gasteiger partial charge is 0.0774 e. The molecule has 1 aromatic rings. The number of aromatic nitrogens is 2. The Morgan fingerprint density at radius 3 is 3.15 bits per heavy atom. The molecule has 2 atom stereocenters. The number of rotatable bonds is 2. The van der Waals surface area contributed by atoms with Crippen molar-refractivity contribution >= 4 is 11.6 Å². The Hall–Kier alpha value is -0.540. The highest BCUT2D eigenvalue weighted by atomic mass is 35.5. The summed E-state index contributed by atoms with van der Waals surface area (Å²) in [4.78, 5) is 0. The predicted octanol–water partition coefficient (Wildman–Crippen LogP) is 2.14. The molecule has 0 amide bonds. The van der Waals surface area contributed by atoms with E-state index in [1.165, 1.54) is 0 Å². The highest BCUT2D eigenvalue weighted by Crippen LogP contribution is 2.22. The Morgan fingerprint density at radius 2 is 2.62 bits per heavy atom. The summed E-state index contributed by atoms with van der Waals surface area (Å²) in [5.74, 6) is 0. The SMILES string of the molecule is CC(Cl)c1cnn(C2CCOC2)c1. The molecule has 1 saturated heterocycles. The summed E-state index contributed by atoms with van der Waals surface area (Å²) in [6.45, 7) is 3.57. The summed E-state index contributed by atoms with van der Waals surface area (Å²) in [6.07, 6.45) is 4.89. The molecule has 0 radical (unpaired) electrons. The first-order valence-electron chi connectivity index (χ1n) is 4.53. The summed E-state index contributed by atoms with van der Waals surface area (Å²) in [6, 6.07) is 0.407. The van der Waals surface area contributed by atoms with Gasteiger partial charge in [0.2, 0.25) is 0 Å². The maximum Gasteiger partial charge on any atom is 0.0774 e. The summed E-state index contributed by atoms with van der Waals surface area (Å²) in [5, 5.41) is 4.31. The summed E-state index contributed by atoms with van der Waals surface area (Å²) in [7, 11) is 0. The van der Waals surface area contributed by atoms with Crippen LogP contribution in [0.1, 0.15) is 30.3 Å². The van der Waals surface area contributed by atoms with Crippen molar-refractivity contribution in [3.8, 4) is 0 Å². The topological polar surface area (TPSA) is 27.1 Å². The summed E-state index contributed by atoms with van der Waals surface area (Å²) in [5.41, 5.74) is 1.08. The molecule has 4 heteroatoms. The van der Waals surface area contributed by atoms with E-state index in [0.717, 1.165) is 25.2 Å². The minimum absolute atomic E-state index is 0.0380. The van der Waals surface area contributed by atoms with Crippen LogP contribution in [-0.2, 0) is 4.74 Å². The molecule has 0 spiro atoms. The van der Waals surface area contributed by atoms with Crippen molar-refractivity contribution in [2.75, 3.05) is 13.2 Å². The van der Waals surface area contributed by atoms with Crippen molar-refractivity contribution in [3.63, 3.8) is 0 Å². The normalized spacial score (nSPS) is 24.9. The summed E-state index contributed by atoms with van der Waals surface area (Å²) < 4.78 is 7.25. The van der Waals surface area contributed by atoms with Crippen LogP contribution in [0.3, 0.4) is 0 Å². The second-order valence-corrected chi connectivity index (χ2v) is 4.04. The van der Waals surface area contributed by atoms with Crippen LogP contribution in [0.4, 0.5) is 0 Å². The third kappa shape index (κ3) is 1.86. The Kier molecular flexibility index (Phi) is 2.56. The monoisotopic (exact) mass is 200 g/mol. The molecule has 1 fully saturated rings. The van der Waals surface area contributed by atoms with Gasteiger partial charge in [-0.1, -0.05) is 0 Å². The van der Waals surface area contributed by atoms with Crippen LogP contribution in [0.15, 0.2) is 12.4 Å². The Morgan fingerprint density at radius 1 is 1.77 bits per heavy atom. The van der Waals surface area contributed by atoms with Gasteiger partial charge in [0, 0.05) is 18.4 Å². The van der Waals surface area contributed by atoms with Crippen LogP contribution in [0.5, 0.6) is 0 Å². The molecule has 3 nitrogen and oxygen atoms in total. The third-order valence-electron chi connectivity index (χ3n) is 2.36. The van der Waals surface area contributed by atoms with Gasteiger partial charge in [-0.3, -0.25) is 4.68 Å². The lowest BCUT2D eigenvalue weighted by Gasteiger charge is -2.06. The lowest BCUT2D eigenvalue weighted by Crippen LogP contribution is -2.08. The zero-order valence-electron chi connectivity index (χ0n) is 7.61. The van der Waals surface area contributed by atoms with E-state index in [4.69, 9.17) is 16.3 Å². The average molecular weight is 201 g/mol. The fourth-order valence-corrected chi connectivity index (χ4v) is 1.60. The molecule has 1 aliphatic heterocycles. The van der Waals surface area contributed by atoms with Gasteiger partial charge < -0.3 is 4.74 Å². The van der Waals surface area contributed by atoms with Crippen molar-refractivity contribution in [2.45, 2.75) is 24.8 Å². The molecule has 0 saturated carbocycles. The molecule has 1 aliphatic rings. The molecular formula is C9H13ClN2O. The van der Waals surface area contributed by atoms with Gasteiger partial charge in [-0.2, -0.15) is 5.10 Å². The molecule has 2 unspecified atom stereocenters. The van der Waals surface area contributed by atoms with Crippen molar-refractivity contribution in [2.24, 2.45) is 0 Å². The third-order valence-corrected chi connectivity index (χ3v) is 2.61. The van der Waals surface area contributed by atoms with E-state index in [-0.39, 0.29) is 5.38 Å². The van der Waals surface area contributed by atoms with Crippen molar-refractivity contribution in [1.82, 2.24) is 9.78 Å². The van der Waals surface area contributed by atoms with Gasteiger partial charge in [0.15, 0.2) is 0 Å². The van der Waals surface area contributed by atoms with Crippen LogP contribution >= 0.6 is 11.6 Å². The zero-order valence-corrected chi connectivity index (χ0v) is 8.37. The lowest BCUT2D eigenvalue weighted by molar-refractivity contribution is 0.184. The second kappa shape index (κ2) is 3.68. The molecule has 0 aliphatic carbocycles. The largest absolute Gasteiger partial charge is 0.379 e.